The van der Waals surface area contributed by atoms with Gasteiger partial charge in [0, 0.05) is 18.3 Å². The first kappa shape index (κ1) is 21.7. The lowest BCUT2D eigenvalue weighted by atomic mass is 9.83. The number of aliphatic hydroxyl groups excluding tert-OH is 1. The van der Waals surface area contributed by atoms with Crippen molar-refractivity contribution in [1.82, 2.24) is 5.32 Å². The Labute approximate surface area is 158 Å². The zero-order valence-corrected chi connectivity index (χ0v) is 15.1. The van der Waals surface area contributed by atoms with Gasteiger partial charge in [-0.25, -0.2) is 0 Å². The number of aliphatic hydroxyl groups is 1. The van der Waals surface area contributed by atoms with Crippen LogP contribution in [0.4, 0.5) is 32.0 Å². The Balaban J connectivity index is 2.16. The van der Waals surface area contributed by atoms with Gasteiger partial charge in [0.25, 0.3) is 0 Å². The zero-order valence-electron chi connectivity index (χ0n) is 14.3. The number of anilines is 1. The third-order valence-electron chi connectivity index (χ3n) is 4.57. The number of alkyl halides is 6. The predicted octanol–water partition coefficient (Wildman–Crippen LogP) is 4.95. The van der Waals surface area contributed by atoms with E-state index in [2.05, 4.69) is 10.6 Å². The van der Waals surface area contributed by atoms with Crippen LogP contribution >= 0.6 is 12.2 Å². The SMILES string of the molecule is OCC[C@@H]1CCCC[C@H]1NC(=S)Nc1cc(C(F)(F)F)cc(C(F)(F)F)c1. The average molecular weight is 414 g/mol. The highest BCUT2D eigenvalue weighted by Crippen LogP contribution is 2.37. The molecule has 0 bridgehead atoms. The number of thiocarbonyl (C=S) groups is 1. The molecule has 3 N–H and O–H groups in total. The molecule has 0 aromatic heterocycles. The average Bonchev–Trinajstić information content (AvgIpc) is 2.55. The Hall–Kier alpha value is -1.55. The van der Waals surface area contributed by atoms with Gasteiger partial charge in [0.15, 0.2) is 5.11 Å². The van der Waals surface area contributed by atoms with Crippen molar-refractivity contribution in [1.29, 1.82) is 0 Å². The van der Waals surface area contributed by atoms with Crippen molar-refractivity contribution < 1.29 is 31.4 Å². The highest BCUT2D eigenvalue weighted by atomic mass is 32.1. The van der Waals surface area contributed by atoms with Gasteiger partial charge in [-0.05, 0) is 55.6 Å². The van der Waals surface area contributed by atoms with E-state index in [-0.39, 0.29) is 35.4 Å². The second-order valence-electron chi connectivity index (χ2n) is 6.56. The van der Waals surface area contributed by atoms with Crippen molar-refractivity contribution >= 4 is 23.0 Å². The molecule has 0 saturated heterocycles. The van der Waals surface area contributed by atoms with Crippen molar-refractivity contribution in [3.05, 3.63) is 29.3 Å². The molecule has 0 amide bonds. The lowest BCUT2D eigenvalue weighted by Crippen LogP contribution is -2.44. The molecule has 1 fully saturated rings. The minimum Gasteiger partial charge on any atom is -0.396 e. The molecule has 0 aliphatic heterocycles. The van der Waals surface area contributed by atoms with Crippen molar-refractivity contribution in [3.8, 4) is 0 Å². The quantitative estimate of drug-likeness (QED) is 0.482. The van der Waals surface area contributed by atoms with E-state index in [1.807, 2.05) is 0 Å². The van der Waals surface area contributed by atoms with Crippen LogP contribution in [0, 0.1) is 5.92 Å². The van der Waals surface area contributed by atoms with Gasteiger partial charge in [0.05, 0.1) is 11.1 Å². The molecule has 2 rings (SSSR count). The number of hydrogen-bond donors (Lipinski definition) is 3. The lowest BCUT2D eigenvalue weighted by Gasteiger charge is -2.32. The maximum Gasteiger partial charge on any atom is 0.416 e. The molecule has 0 radical (unpaired) electrons. The van der Waals surface area contributed by atoms with Crippen LogP contribution in [0.15, 0.2) is 18.2 Å². The fourth-order valence-electron chi connectivity index (χ4n) is 3.27. The molecular formula is C17H20F6N2OS. The number of benzene rings is 1. The molecule has 152 valence electrons. The third kappa shape index (κ3) is 6.24. The summed E-state index contributed by atoms with van der Waals surface area (Å²) in [6.07, 6.45) is -5.69. The van der Waals surface area contributed by atoms with Crippen LogP contribution in [0.25, 0.3) is 0 Å². The minimum absolute atomic E-state index is 0.00556. The van der Waals surface area contributed by atoms with Gasteiger partial charge in [-0.15, -0.1) is 0 Å². The molecule has 27 heavy (non-hydrogen) atoms. The van der Waals surface area contributed by atoms with Crippen molar-refractivity contribution in [3.63, 3.8) is 0 Å². The summed E-state index contributed by atoms with van der Waals surface area (Å²) in [4.78, 5) is 0. The topological polar surface area (TPSA) is 44.3 Å². The lowest BCUT2D eigenvalue weighted by molar-refractivity contribution is -0.143. The maximum absolute atomic E-state index is 12.9. The maximum atomic E-state index is 12.9. The Kier molecular flexibility index (Phi) is 6.96. The second kappa shape index (κ2) is 8.64. The van der Waals surface area contributed by atoms with Crippen molar-refractivity contribution in [2.45, 2.75) is 50.5 Å². The molecule has 0 heterocycles. The van der Waals surface area contributed by atoms with Gasteiger partial charge >= 0.3 is 12.4 Å². The molecule has 1 aliphatic carbocycles. The molecule has 0 spiro atoms. The molecule has 1 aliphatic rings. The first-order valence-electron chi connectivity index (χ1n) is 8.48. The summed E-state index contributed by atoms with van der Waals surface area (Å²) in [5, 5.41) is 14.5. The summed E-state index contributed by atoms with van der Waals surface area (Å²) in [6, 6.07) is 1.17. The Morgan fingerprint density at radius 3 is 2.07 bits per heavy atom. The summed E-state index contributed by atoms with van der Waals surface area (Å²) in [6.45, 7) is 0.00556. The summed E-state index contributed by atoms with van der Waals surface area (Å²) >= 11 is 5.08. The summed E-state index contributed by atoms with van der Waals surface area (Å²) < 4.78 is 77.5. The fourth-order valence-corrected chi connectivity index (χ4v) is 3.54. The van der Waals surface area contributed by atoms with E-state index in [4.69, 9.17) is 17.3 Å². The predicted molar refractivity (Wildman–Crippen MR) is 93.3 cm³/mol. The van der Waals surface area contributed by atoms with Gasteiger partial charge in [-0.2, -0.15) is 26.3 Å². The number of rotatable bonds is 4. The Bertz CT molecular complexity index is 628. The first-order valence-corrected chi connectivity index (χ1v) is 8.89. The van der Waals surface area contributed by atoms with Crippen molar-refractivity contribution in [2.75, 3.05) is 11.9 Å². The van der Waals surface area contributed by atoms with Crippen LogP contribution in [0.3, 0.4) is 0 Å². The molecule has 1 aromatic carbocycles. The zero-order chi connectivity index (χ0) is 20.2. The molecular weight excluding hydrogens is 394 g/mol. The third-order valence-corrected chi connectivity index (χ3v) is 4.79. The van der Waals surface area contributed by atoms with Crippen LogP contribution in [0.2, 0.25) is 0 Å². The van der Waals surface area contributed by atoms with E-state index in [9.17, 15) is 26.3 Å². The Morgan fingerprint density at radius 2 is 1.56 bits per heavy atom. The normalized spacial score (nSPS) is 21.0. The van der Waals surface area contributed by atoms with Crippen LogP contribution in [-0.4, -0.2) is 22.9 Å². The van der Waals surface area contributed by atoms with Crippen LogP contribution in [0.5, 0.6) is 0 Å². The van der Waals surface area contributed by atoms with Gasteiger partial charge in [-0.3, -0.25) is 0 Å². The van der Waals surface area contributed by atoms with E-state index in [1.165, 1.54) is 0 Å². The minimum atomic E-state index is -4.91. The summed E-state index contributed by atoms with van der Waals surface area (Å²) in [7, 11) is 0. The molecule has 1 saturated carbocycles. The van der Waals surface area contributed by atoms with E-state index < -0.39 is 23.5 Å². The van der Waals surface area contributed by atoms with Crippen LogP contribution in [0.1, 0.15) is 43.2 Å². The van der Waals surface area contributed by atoms with E-state index >= 15 is 0 Å². The number of halogens is 6. The highest BCUT2D eigenvalue weighted by Gasteiger charge is 2.37. The standard InChI is InChI=1S/C17H20F6N2OS/c18-16(19,20)11-7-12(17(21,22)23)9-13(8-11)24-15(27)25-14-4-2-1-3-10(14)5-6-26/h7-10,14,26H,1-6H2,(H2,24,25,27)/t10-,14+/m0/s1. The molecule has 0 unspecified atom stereocenters. The summed E-state index contributed by atoms with van der Waals surface area (Å²) in [5.41, 5.74) is -3.19. The number of hydrogen-bond acceptors (Lipinski definition) is 2. The second-order valence-corrected chi connectivity index (χ2v) is 6.96. The number of nitrogens with one attached hydrogen (secondary N) is 2. The fraction of sp³-hybridized carbons (Fsp3) is 0.588. The van der Waals surface area contributed by atoms with E-state index in [1.54, 1.807) is 0 Å². The highest BCUT2D eigenvalue weighted by molar-refractivity contribution is 7.80. The smallest absolute Gasteiger partial charge is 0.396 e. The van der Waals surface area contributed by atoms with Gasteiger partial charge in [0.2, 0.25) is 0 Å². The monoisotopic (exact) mass is 414 g/mol. The molecule has 1 aromatic rings. The van der Waals surface area contributed by atoms with Gasteiger partial charge in [0.1, 0.15) is 0 Å². The van der Waals surface area contributed by atoms with Crippen LogP contribution in [-0.2, 0) is 12.4 Å². The van der Waals surface area contributed by atoms with E-state index in [0.29, 0.717) is 18.6 Å². The molecule has 10 heteroatoms. The van der Waals surface area contributed by atoms with E-state index in [0.717, 1.165) is 25.7 Å². The Morgan fingerprint density at radius 1 is 1.00 bits per heavy atom. The van der Waals surface area contributed by atoms with Gasteiger partial charge < -0.3 is 15.7 Å². The molecule has 2 atom stereocenters. The first-order chi connectivity index (χ1) is 12.5. The molecule has 3 nitrogen and oxygen atoms in total. The van der Waals surface area contributed by atoms with Gasteiger partial charge in [-0.1, -0.05) is 12.8 Å². The summed E-state index contributed by atoms with van der Waals surface area (Å²) in [5.74, 6) is 0.149. The van der Waals surface area contributed by atoms with Crippen molar-refractivity contribution in [2.24, 2.45) is 5.92 Å². The largest absolute Gasteiger partial charge is 0.416 e. The van der Waals surface area contributed by atoms with Crippen LogP contribution < -0.4 is 10.6 Å².